The first-order chi connectivity index (χ1) is 18.7. The second-order valence-electron chi connectivity index (χ2n) is 10.3. The van der Waals surface area contributed by atoms with Crippen LogP contribution in [0.15, 0.2) is 66.9 Å². The van der Waals surface area contributed by atoms with Crippen molar-refractivity contribution < 1.29 is 18.4 Å². The molecule has 6 rings (SSSR count). The van der Waals surface area contributed by atoms with Crippen LogP contribution in [0.25, 0.3) is 32.8 Å². The lowest BCUT2D eigenvalue weighted by molar-refractivity contribution is -0.134. The number of hydrogen-bond acceptors (Lipinski definition) is 4. The van der Waals surface area contributed by atoms with Crippen LogP contribution in [-0.4, -0.2) is 46.2 Å². The van der Waals surface area contributed by atoms with Crippen molar-refractivity contribution in [3.63, 3.8) is 0 Å². The molecule has 2 fully saturated rings. The quantitative estimate of drug-likeness (QED) is 0.335. The fraction of sp³-hybridized carbons (Fsp3) is 0.267. The lowest BCUT2D eigenvalue weighted by Crippen LogP contribution is -2.51. The topological polar surface area (TPSA) is 86.1 Å². The lowest BCUT2D eigenvalue weighted by Gasteiger charge is -2.31. The SMILES string of the molecule is N#C[C@]1(C2CC2)CC(F)(F)CN1C(=O)CNC(=O)c1ccnc2ccc(-c3ccc4cc(Cl)ccc4c3)cc12. The maximum absolute atomic E-state index is 14.3. The second kappa shape index (κ2) is 9.28. The van der Waals surface area contributed by atoms with Crippen LogP contribution in [0.5, 0.6) is 0 Å². The molecule has 0 spiro atoms. The van der Waals surface area contributed by atoms with Crippen LogP contribution < -0.4 is 5.32 Å². The van der Waals surface area contributed by atoms with E-state index >= 15 is 0 Å². The number of pyridine rings is 1. The Balaban J connectivity index is 1.25. The predicted molar refractivity (Wildman–Crippen MR) is 144 cm³/mol. The van der Waals surface area contributed by atoms with Crippen molar-refractivity contribution >= 4 is 45.1 Å². The number of nitrogens with zero attached hydrogens (tertiary/aromatic N) is 3. The minimum atomic E-state index is -3.13. The molecule has 1 aliphatic heterocycles. The number of nitrogens with one attached hydrogen (secondary N) is 1. The van der Waals surface area contributed by atoms with Gasteiger partial charge in [0.1, 0.15) is 5.54 Å². The maximum atomic E-state index is 14.3. The van der Waals surface area contributed by atoms with Crippen molar-refractivity contribution in [3.05, 3.63) is 77.4 Å². The molecule has 9 heteroatoms. The first-order valence-electron chi connectivity index (χ1n) is 12.7. The van der Waals surface area contributed by atoms with Gasteiger partial charge >= 0.3 is 0 Å². The Bertz CT molecular complexity index is 1700. The number of carbonyl (C=O) groups excluding carboxylic acids is 2. The summed E-state index contributed by atoms with van der Waals surface area (Å²) in [6, 6.07) is 20.8. The van der Waals surface area contributed by atoms with Gasteiger partial charge in [-0.25, -0.2) is 8.78 Å². The van der Waals surface area contributed by atoms with Crippen molar-refractivity contribution in [1.29, 1.82) is 5.26 Å². The smallest absolute Gasteiger partial charge is 0.268 e. The Labute approximate surface area is 228 Å². The minimum absolute atomic E-state index is 0.259. The molecule has 1 N–H and O–H groups in total. The molecule has 196 valence electrons. The van der Waals surface area contributed by atoms with E-state index in [1.807, 2.05) is 60.7 Å². The minimum Gasteiger partial charge on any atom is -0.343 e. The van der Waals surface area contributed by atoms with Crippen molar-refractivity contribution in [3.8, 4) is 17.2 Å². The summed E-state index contributed by atoms with van der Waals surface area (Å²) in [4.78, 5) is 31.5. The van der Waals surface area contributed by atoms with Gasteiger partial charge in [-0.3, -0.25) is 14.6 Å². The number of carbonyl (C=O) groups is 2. The number of aromatic nitrogens is 1. The average Bonchev–Trinajstić information content (AvgIpc) is 3.74. The summed E-state index contributed by atoms with van der Waals surface area (Å²) in [5.74, 6) is -4.61. The number of nitriles is 1. The zero-order valence-corrected chi connectivity index (χ0v) is 21.5. The fourth-order valence-electron chi connectivity index (χ4n) is 5.61. The third-order valence-corrected chi connectivity index (χ3v) is 7.90. The molecule has 1 aliphatic carbocycles. The molecule has 0 unspecified atom stereocenters. The summed E-state index contributed by atoms with van der Waals surface area (Å²) in [6.07, 6.45) is 2.11. The van der Waals surface area contributed by atoms with E-state index in [1.165, 1.54) is 6.20 Å². The molecule has 1 saturated heterocycles. The molecule has 1 atom stereocenters. The van der Waals surface area contributed by atoms with Gasteiger partial charge in [-0.05, 0) is 77.1 Å². The van der Waals surface area contributed by atoms with Gasteiger partial charge in [0.15, 0.2) is 0 Å². The monoisotopic (exact) mass is 544 g/mol. The van der Waals surface area contributed by atoms with Gasteiger partial charge < -0.3 is 10.2 Å². The van der Waals surface area contributed by atoms with Gasteiger partial charge in [0.05, 0.1) is 36.7 Å². The molecule has 0 bridgehead atoms. The molecule has 4 aromatic rings. The highest BCUT2D eigenvalue weighted by atomic mass is 35.5. The fourth-order valence-corrected chi connectivity index (χ4v) is 5.79. The molecule has 3 aromatic carbocycles. The van der Waals surface area contributed by atoms with E-state index in [1.54, 1.807) is 6.07 Å². The Hall–Kier alpha value is -4.09. The molecule has 1 saturated carbocycles. The van der Waals surface area contributed by atoms with E-state index in [-0.39, 0.29) is 5.92 Å². The van der Waals surface area contributed by atoms with Crippen LogP contribution in [0.3, 0.4) is 0 Å². The molecule has 1 aromatic heterocycles. The number of halogens is 3. The first-order valence-corrected chi connectivity index (χ1v) is 13.0. The van der Waals surface area contributed by atoms with Crippen LogP contribution in [0, 0.1) is 17.2 Å². The van der Waals surface area contributed by atoms with Gasteiger partial charge in [0.2, 0.25) is 5.91 Å². The Morgan fingerprint density at radius 2 is 1.77 bits per heavy atom. The standard InChI is InChI=1S/C30H23ClF2N4O2/c31-23-7-3-19-11-18(1-2-20(19)12-23)21-4-8-26-25(13-21)24(9-10-35-26)28(39)36-14-27(38)37-17-30(32,33)15-29(37,16-34)22-5-6-22/h1-4,7-13,22H,5-6,14-15,17H2,(H,36,39)/t29-/m0/s1. The Morgan fingerprint density at radius 1 is 1.05 bits per heavy atom. The number of amides is 2. The van der Waals surface area contributed by atoms with Crippen LogP contribution in [0.4, 0.5) is 8.78 Å². The van der Waals surface area contributed by atoms with Crippen molar-refractivity contribution in [1.82, 2.24) is 15.2 Å². The van der Waals surface area contributed by atoms with Gasteiger partial charge in [-0.1, -0.05) is 35.9 Å². The summed E-state index contributed by atoms with van der Waals surface area (Å²) in [5, 5.41) is 15.6. The van der Waals surface area contributed by atoms with E-state index in [0.717, 1.165) is 26.8 Å². The van der Waals surface area contributed by atoms with Gasteiger partial charge in [0.25, 0.3) is 11.8 Å². The summed E-state index contributed by atoms with van der Waals surface area (Å²) in [6.45, 7) is -1.30. The molecule has 2 amide bonds. The molecule has 2 heterocycles. The Kier molecular flexibility index (Phi) is 6.00. The molecular weight excluding hydrogens is 522 g/mol. The van der Waals surface area contributed by atoms with Crippen LogP contribution >= 0.6 is 11.6 Å². The highest BCUT2D eigenvalue weighted by Crippen LogP contribution is 2.52. The number of benzene rings is 3. The number of rotatable bonds is 5. The van der Waals surface area contributed by atoms with Crippen LogP contribution in [-0.2, 0) is 4.79 Å². The van der Waals surface area contributed by atoms with Gasteiger partial charge in [0, 0.05) is 16.6 Å². The molecule has 2 aliphatic rings. The third-order valence-electron chi connectivity index (χ3n) is 7.67. The van der Waals surface area contributed by atoms with E-state index < -0.39 is 42.8 Å². The summed E-state index contributed by atoms with van der Waals surface area (Å²) in [5.41, 5.74) is 1.21. The molecule has 0 radical (unpaired) electrons. The van der Waals surface area contributed by atoms with E-state index in [9.17, 15) is 23.6 Å². The van der Waals surface area contributed by atoms with Gasteiger partial charge in [-0.15, -0.1) is 0 Å². The zero-order valence-electron chi connectivity index (χ0n) is 20.8. The molecular formula is C30H23ClF2N4O2. The highest BCUT2D eigenvalue weighted by Gasteiger charge is 2.62. The van der Waals surface area contributed by atoms with E-state index in [2.05, 4.69) is 10.3 Å². The third kappa shape index (κ3) is 4.57. The van der Waals surface area contributed by atoms with E-state index in [0.29, 0.717) is 34.3 Å². The zero-order chi connectivity index (χ0) is 27.4. The Morgan fingerprint density at radius 3 is 2.54 bits per heavy atom. The van der Waals surface area contributed by atoms with Crippen molar-refractivity contribution in [2.75, 3.05) is 13.1 Å². The summed E-state index contributed by atoms with van der Waals surface area (Å²) < 4.78 is 28.6. The summed E-state index contributed by atoms with van der Waals surface area (Å²) in [7, 11) is 0. The molecule has 6 nitrogen and oxygen atoms in total. The highest BCUT2D eigenvalue weighted by molar-refractivity contribution is 6.31. The number of fused-ring (bicyclic) bond motifs is 2. The van der Waals surface area contributed by atoms with Crippen LogP contribution in [0.1, 0.15) is 29.6 Å². The van der Waals surface area contributed by atoms with Crippen molar-refractivity contribution in [2.45, 2.75) is 30.7 Å². The maximum Gasteiger partial charge on any atom is 0.268 e. The normalized spacial score (nSPS) is 20.2. The van der Waals surface area contributed by atoms with Gasteiger partial charge in [-0.2, -0.15) is 5.26 Å². The number of hydrogen-bond donors (Lipinski definition) is 1. The van der Waals surface area contributed by atoms with Crippen molar-refractivity contribution in [2.24, 2.45) is 5.92 Å². The summed E-state index contributed by atoms with van der Waals surface area (Å²) >= 11 is 6.10. The first kappa shape index (κ1) is 25.2. The largest absolute Gasteiger partial charge is 0.343 e. The van der Waals surface area contributed by atoms with E-state index in [4.69, 9.17) is 11.6 Å². The second-order valence-corrected chi connectivity index (χ2v) is 10.7. The number of likely N-dealkylation sites (tertiary alicyclic amines) is 1. The van der Waals surface area contributed by atoms with Crippen LogP contribution in [0.2, 0.25) is 5.02 Å². The average molecular weight is 545 g/mol. The molecule has 39 heavy (non-hydrogen) atoms. The number of alkyl halides is 2. The lowest BCUT2D eigenvalue weighted by atomic mass is 9.91. The predicted octanol–water partition coefficient (Wildman–Crippen LogP) is 5.98.